The van der Waals surface area contributed by atoms with E-state index in [0.29, 0.717) is 5.75 Å². The first-order valence-electron chi connectivity index (χ1n) is 6.62. The standard InChI is InChI=1S/C16H14F3NS/c17-16(18,19)13-7-3-1-6-11(13)15(20)12-9-21-14-8-4-2-5-10(12)14/h1-8,12,15H,9,20H2. The predicted octanol–water partition coefficient (Wildman–Crippen LogP) is 4.59. The summed E-state index contributed by atoms with van der Waals surface area (Å²) in [6.45, 7) is 0. The van der Waals surface area contributed by atoms with Gasteiger partial charge in [0.15, 0.2) is 0 Å². The molecule has 2 unspecified atom stereocenters. The molecule has 2 N–H and O–H groups in total. The van der Waals surface area contributed by atoms with Crippen LogP contribution in [0.4, 0.5) is 13.2 Å². The molecular formula is C16H14F3NS. The topological polar surface area (TPSA) is 26.0 Å². The lowest BCUT2D eigenvalue weighted by Gasteiger charge is -2.23. The molecule has 0 bridgehead atoms. The Kier molecular flexibility index (Phi) is 3.71. The fraction of sp³-hybridized carbons (Fsp3) is 0.250. The highest BCUT2D eigenvalue weighted by Crippen LogP contribution is 2.46. The van der Waals surface area contributed by atoms with Gasteiger partial charge in [-0.05, 0) is 23.3 Å². The van der Waals surface area contributed by atoms with E-state index in [-0.39, 0.29) is 11.5 Å². The summed E-state index contributed by atoms with van der Waals surface area (Å²) in [5.41, 5.74) is 6.79. The zero-order valence-electron chi connectivity index (χ0n) is 11.1. The van der Waals surface area contributed by atoms with Gasteiger partial charge in [-0.15, -0.1) is 11.8 Å². The van der Waals surface area contributed by atoms with E-state index in [1.807, 2.05) is 24.3 Å². The van der Waals surface area contributed by atoms with Crippen LogP contribution >= 0.6 is 11.8 Å². The Balaban J connectivity index is 2.00. The van der Waals surface area contributed by atoms with Crippen molar-refractivity contribution in [2.45, 2.75) is 23.0 Å². The summed E-state index contributed by atoms with van der Waals surface area (Å²) in [5.74, 6) is 0.627. The van der Waals surface area contributed by atoms with Crippen LogP contribution in [0.3, 0.4) is 0 Å². The molecule has 0 radical (unpaired) electrons. The van der Waals surface area contributed by atoms with Gasteiger partial charge in [-0.2, -0.15) is 13.2 Å². The minimum Gasteiger partial charge on any atom is -0.323 e. The third kappa shape index (κ3) is 2.68. The van der Waals surface area contributed by atoms with Crippen molar-refractivity contribution in [2.75, 3.05) is 5.75 Å². The first kappa shape index (κ1) is 14.5. The minimum absolute atomic E-state index is 0.0882. The summed E-state index contributed by atoms with van der Waals surface area (Å²) in [6.07, 6.45) is -4.38. The van der Waals surface area contributed by atoms with E-state index in [4.69, 9.17) is 5.73 Å². The summed E-state index contributed by atoms with van der Waals surface area (Å²) in [6, 6.07) is 12.7. The van der Waals surface area contributed by atoms with Gasteiger partial charge in [-0.1, -0.05) is 36.4 Å². The van der Waals surface area contributed by atoms with E-state index in [2.05, 4.69) is 0 Å². The number of hydrogen-bond donors (Lipinski definition) is 1. The molecule has 3 rings (SSSR count). The third-order valence-electron chi connectivity index (χ3n) is 3.80. The van der Waals surface area contributed by atoms with Crippen LogP contribution in [0.1, 0.15) is 28.7 Å². The van der Waals surface area contributed by atoms with Crippen molar-refractivity contribution in [1.29, 1.82) is 0 Å². The van der Waals surface area contributed by atoms with Gasteiger partial charge in [-0.25, -0.2) is 0 Å². The smallest absolute Gasteiger partial charge is 0.323 e. The number of fused-ring (bicyclic) bond motifs is 1. The number of thioether (sulfide) groups is 1. The highest BCUT2D eigenvalue weighted by Gasteiger charge is 2.37. The van der Waals surface area contributed by atoms with Gasteiger partial charge >= 0.3 is 6.18 Å². The van der Waals surface area contributed by atoms with Crippen LogP contribution in [0.2, 0.25) is 0 Å². The van der Waals surface area contributed by atoms with E-state index >= 15 is 0 Å². The lowest BCUT2D eigenvalue weighted by Crippen LogP contribution is -2.23. The molecule has 5 heteroatoms. The molecule has 0 spiro atoms. The molecule has 0 aliphatic carbocycles. The fourth-order valence-electron chi connectivity index (χ4n) is 2.75. The largest absolute Gasteiger partial charge is 0.416 e. The summed E-state index contributed by atoms with van der Waals surface area (Å²) in [4.78, 5) is 1.11. The molecule has 0 fully saturated rings. The number of nitrogens with two attached hydrogens (primary N) is 1. The SMILES string of the molecule is NC(c1ccccc1C(F)(F)F)C1CSc2ccccc21. The molecule has 21 heavy (non-hydrogen) atoms. The zero-order valence-corrected chi connectivity index (χ0v) is 11.9. The first-order chi connectivity index (χ1) is 9.98. The van der Waals surface area contributed by atoms with Crippen LogP contribution in [0.5, 0.6) is 0 Å². The van der Waals surface area contributed by atoms with E-state index in [1.54, 1.807) is 17.8 Å². The molecule has 0 saturated carbocycles. The summed E-state index contributed by atoms with van der Waals surface area (Å²) in [5, 5.41) is 0. The summed E-state index contributed by atoms with van der Waals surface area (Å²) >= 11 is 1.65. The van der Waals surface area contributed by atoms with Crippen LogP contribution in [0.25, 0.3) is 0 Å². The van der Waals surface area contributed by atoms with Crippen molar-refractivity contribution in [2.24, 2.45) is 5.73 Å². The number of benzene rings is 2. The maximum atomic E-state index is 13.1. The second kappa shape index (κ2) is 5.39. The number of hydrogen-bond acceptors (Lipinski definition) is 2. The van der Waals surface area contributed by atoms with Gasteiger partial charge in [0.05, 0.1) is 5.56 Å². The van der Waals surface area contributed by atoms with Crippen molar-refractivity contribution in [3.63, 3.8) is 0 Å². The minimum atomic E-state index is -4.38. The van der Waals surface area contributed by atoms with Crippen LogP contribution in [0.15, 0.2) is 53.4 Å². The van der Waals surface area contributed by atoms with Crippen LogP contribution < -0.4 is 5.73 Å². The maximum Gasteiger partial charge on any atom is 0.416 e. The van der Waals surface area contributed by atoms with E-state index in [0.717, 1.165) is 16.5 Å². The molecule has 1 aliphatic rings. The normalized spacial score (nSPS) is 19.3. The molecule has 110 valence electrons. The van der Waals surface area contributed by atoms with Gasteiger partial charge in [0.2, 0.25) is 0 Å². The summed E-state index contributed by atoms with van der Waals surface area (Å²) < 4.78 is 39.4. The van der Waals surface area contributed by atoms with Gasteiger partial charge in [0, 0.05) is 22.6 Å². The maximum absolute atomic E-state index is 13.1. The Morgan fingerprint density at radius 1 is 1.05 bits per heavy atom. The molecule has 2 aromatic rings. The van der Waals surface area contributed by atoms with Crippen molar-refractivity contribution in [3.05, 3.63) is 65.2 Å². The Morgan fingerprint density at radius 3 is 2.48 bits per heavy atom. The van der Waals surface area contributed by atoms with Crippen LogP contribution in [-0.2, 0) is 6.18 Å². The predicted molar refractivity (Wildman–Crippen MR) is 78.3 cm³/mol. The monoisotopic (exact) mass is 309 g/mol. The lowest BCUT2D eigenvalue weighted by atomic mass is 9.87. The van der Waals surface area contributed by atoms with Crippen LogP contribution in [0, 0.1) is 0 Å². The molecule has 1 heterocycles. The van der Waals surface area contributed by atoms with E-state index < -0.39 is 17.8 Å². The van der Waals surface area contributed by atoms with Crippen LogP contribution in [-0.4, -0.2) is 5.75 Å². The molecule has 0 aromatic heterocycles. The van der Waals surface area contributed by atoms with Gasteiger partial charge in [-0.3, -0.25) is 0 Å². The number of rotatable bonds is 2. The van der Waals surface area contributed by atoms with Crippen molar-refractivity contribution in [1.82, 2.24) is 0 Å². The zero-order chi connectivity index (χ0) is 15.0. The molecule has 1 aliphatic heterocycles. The molecular weight excluding hydrogens is 295 g/mol. The second-order valence-corrected chi connectivity index (χ2v) is 6.13. The summed E-state index contributed by atoms with van der Waals surface area (Å²) in [7, 11) is 0. The molecule has 0 amide bonds. The Bertz CT molecular complexity index is 654. The Morgan fingerprint density at radius 2 is 1.71 bits per heavy atom. The van der Waals surface area contributed by atoms with Crippen molar-refractivity contribution < 1.29 is 13.2 Å². The second-order valence-electron chi connectivity index (χ2n) is 5.07. The fourth-order valence-corrected chi connectivity index (χ4v) is 4.05. The lowest BCUT2D eigenvalue weighted by molar-refractivity contribution is -0.138. The Hall–Kier alpha value is -1.46. The van der Waals surface area contributed by atoms with Gasteiger partial charge in [0.25, 0.3) is 0 Å². The average molecular weight is 309 g/mol. The third-order valence-corrected chi connectivity index (χ3v) is 5.00. The highest BCUT2D eigenvalue weighted by atomic mass is 32.2. The highest BCUT2D eigenvalue weighted by molar-refractivity contribution is 7.99. The van der Waals surface area contributed by atoms with E-state index in [1.165, 1.54) is 12.1 Å². The molecule has 1 nitrogen and oxygen atoms in total. The van der Waals surface area contributed by atoms with Crippen molar-refractivity contribution in [3.8, 4) is 0 Å². The number of alkyl halides is 3. The Labute approximate surface area is 125 Å². The quantitative estimate of drug-likeness (QED) is 0.877. The molecule has 0 saturated heterocycles. The first-order valence-corrected chi connectivity index (χ1v) is 7.60. The van der Waals surface area contributed by atoms with Gasteiger partial charge < -0.3 is 5.73 Å². The van der Waals surface area contributed by atoms with Crippen molar-refractivity contribution >= 4 is 11.8 Å². The van der Waals surface area contributed by atoms with Gasteiger partial charge in [0.1, 0.15) is 0 Å². The average Bonchev–Trinajstić information content (AvgIpc) is 2.89. The van der Waals surface area contributed by atoms with E-state index in [9.17, 15) is 13.2 Å². The number of halogens is 3. The molecule has 2 aromatic carbocycles. The molecule has 2 atom stereocenters.